The van der Waals surface area contributed by atoms with Gasteiger partial charge in [-0.1, -0.05) is 13.8 Å². The van der Waals surface area contributed by atoms with E-state index in [1.807, 2.05) is 6.92 Å². The van der Waals surface area contributed by atoms with Crippen LogP contribution in [0.5, 0.6) is 0 Å². The summed E-state index contributed by atoms with van der Waals surface area (Å²) < 4.78 is 5.35. The Labute approximate surface area is 102 Å². The fraction of sp³-hybridized carbons (Fsp3) is 1.00. The van der Waals surface area contributed by atoms with Gasteiger partial charge in [0.15, 0.2) is 0 Å². The van der Waals surface area contributed by atoms with Gasteiger partial charge in [0.1, 0.15) is 0 Å². The predicted octanol–water partition coefficient (Wildman–Crippen LogP) is 1.98. The average molecular weight is 230 g/mol. The molecule has 3 heteroatoms. The molecule has 0 aliphatic carbocycles. The van der Waals surface area contributed by atoms with Crippen molar-refractivity contribution in [2.75, 3.05) is 39.9 Å². The van der Waals surface area contributed by atoms with Crippen molar-refractivity contribution in [1.82, 2.24) is 10.2 Å². The Hall–Kier alpha value is -0.120. The fourth-order valence-corrected chi connectivity index (χ4v) is 1.43. The van der Waals surface area contributed by atoms with Crippen molar-refractivity contribution in [3.05, 3.63) is 0 Å². The van der Waals surface area contributed by atoms with Crippen LogP contribution >= 0.6 is 0 Å². The molecule has 0 aromatic carbocycles. The molecule has 0 fully saturated rings. The van der Waals surface area contributed by atoms with Crippen LogP contribution in [-0.4, -0.2) is 50.8 Å². The Kier molecular flexibility index (Phi) is 9.99. The molecule has 0 heterocycles. The van der Waals surface area contributed by atoms with Gasteiger partial charge in [0.25, 0.3) is 0 Å². The molecule has 0 amide bonds. The number of likely N-dealkylation sites (N-methyl/N-ethyl adjacent to an activating group) is 1. The van der Waals surface area contributed by atoms with Crippen LogP contribution < -0.4 is 5.32 Å². The number of ether oxygens (including phenoxy) is 1. The van der Waals surface area contributed by atoms with E-state index in [0.29, 0.717) is 6.04 Å². The van der Waals surface area contributed by atoms with E-state index in [2.05, 4.69) is 38.0 Å². The summed E-state index contributed by atoms with van der Waals surface area (Å²) in [5.41, 5.74) is 0. The van der Waals surface area contributed by atoms with Crippen molar-refractivity contribution in [2.45, 2.75) is 40.2 Å². The van der Waals surface area contributed by atoms with Gasteiger partial charge in [-0.3, -0.25) is 0 Å². The summed E-state index contributed by atoms with van der Waals surface area (Å²) in [6.07, 6.45) is 1.26. The predicted molar refractivity (Wildman–Crippen MR) is 70.9 cm³/mol. The average Bonchev–Trinajstić information content (AvgIpc) is 2.24. The van der Waals surface area contributed by atoms with E-state index in [1.54, 1.807) is 0 Å². The fourth-order valence-electron chi connectivity index (χ4n) is 1.43. The van der Waals surface area contributed by atoms with Gasteiger partial charge in [-0.15, -0.1) is 0 Å². The van der Waals surface area contributed by atoms with Crippen molar-refractivity contribution >= 4 is 0 Å². The van der Waals surface area contributed by atoms with E-state index in [0.717, 1.165) is 38.8 Å². The minimum atomic E-state index is 0.576. The number of nitrogens with one attached hydrogen (secondary N) is 1. The maximum Gasteiger partial charge on any atom is 0.0593 e. The molecule has 1 N–H and O–H groups in total. The molecule has 1 atom stereocenters. The second-order valence-corrected chi connectivity index (χ2v) is 4.91. The molecule has 1 unspecified atom stereocenters. The van der Waals surface area contributed by atoms with Crippen LogP contribution in [-0.2, 0) is 4.74 Å². The third-order valence-corrected chi connectivity index (χ3v) is 2.88. The second-order valence-electron chi connectivity index (χ2n) is 4.91. The number of hydrogen-bond acceptors (Lipinski definition) is 3. The van der Waals surface area contributed by atoms with Crippen LogP contribution in [0.1, 0.15) is 34.1 Å². The standard InChI is InChI=1S/C13H30N2O/c1-6-16-10-9-15(5)13(4)11-14-8-7-12(2)3/h12-14H,6-11H2,1-5H3. The lowest BCUT2D eigenvalue weighted by Crippen LogP contribution is -2.40. The monoisotopic (exact) mass is 230 g/mol. The highest BCUT2D eigenvalue weighted by molar-refractivity contribution is 4.66. The number of hydrogen-bond donors (Lipinski definition) is 1. The Bertz CT molecular complexity index is 151. The van der Waals surface area contributed by atoms with Crippen LogP contribution in [0.2, 0.25) is 0 Å². The Morgan fingerprint density at radius 2 is 1.94 bits per heavy atom. The molecule has 0 bridgehead atoms. The van der Waals surface area contributed by atoms with Crippen molar-refractivity contribution < 1.29 is 4.74 Å². The zero-order valence-electron chi connectivity index (χ0n) is 11.8. The maximum atomic E-state index is 5.35. The van der Waals surface area contributed by atoms with Gasteiger partial charge in [0, 0.05) is 25.7 Å². The quantitative estimate of drug-likeness (QED) is 0.581. The van der Waals surface area contributed by atoms with Crippen LogP contribution in [0.15, 0.2) is 0 Å². The van der Waals surface area contributed by atoms with Gasteiger partial charge in [-0.2, -0.15) is 0 Å². The third kappa shape index (κ3) is 9.13. The first-order valence-electron chi connectivity index (χ1n) is 6.56. The number of nitrogens with zero attached hydrogens (tertiary/aromatic N) is 1. The molecule has 0 saturated heterocycles. The molecule has 0 aliphatic rings. The van der Waals surface area contributed by atoms with Gasteiger partial charge in [-0.25, -0.2) is 0 Å². The third-order valence-electron chi connectivity index (χ3n) is 2.88. The summed E-state index contributed by atoms with van der Waals surface area (Å²) >= 11 is 0. The molecular weight excluding hydrogens is 200 g/mol. The molecule has 0 saturated carbocycles. The maximum absolute atomic E-state index is 5.35. The van der Waals surface area contributed by atoms with Crippen LogP contribution in [0.3, 0.4) is 0 Å². The molecule has 0 aromatic heterocycles. The minimum absolute atomic E-state index is 0.576. The molecule has 0 aliphatic heterocycles. The highest BCUT2D eigenvalue weighted by atomic mass is 16.5. The first kappa shape index (κ1) is 15.9. The summed E-state index contributed by atoms with van der Waals surface area (Å²) in [6, 6.07) is 0.576. The molecule has 3 nitrogen and oxygen atoms in total. The SMILES string of the molecule is CCOCCN(C)C(C)CNCCC(C)C. The Morgan fingerprint density at radius 3 is 2.50 bits per heavy atom. The molecule has 0 spiro atoms. The molecule has 0 radical (unpaired) electrons. The van der Waals surface area contributed by atoms with Gasteiger partial charge in [0.05, 0.1) is 6.61 Å². The number of rotatable bonds is 10. The van der Waals surface area contributed by atoms with E-state index in [4.69, 9.17) is 4.74 Å². The smallest absolute Gasteiger partial charge is 0.0593 e. The topological polar surface area (TPSA) is 24.5 Å². The van der Waals surface area contributed by atoms with Gasteiger partial charge < -0.3 is 15.0 Å². The highest BCUT2D eigenvalue weighted by Gasteiger charge is 2.07. The molecule has 16 heavy (non-hydrogen) atoms. The van der Waals surface area contributed by atoms with Crippen molar-refractivity contribution in [2.24, 2.45) is 5.92 Å². The minimum Gasteiger partial charge on any atom is -0.380 e. The summed E-state index contributed by atoms with van der Waals surface area (Å²) in [5.74, 6) is 0.790. The van der Waals surface area contributed by atoms with Gasteiger partial charge in [-0.05, 0) is 39.8 Å². The summed E-state index contributed by atoms with van der Waals surface area (Å²) in [5, 5.41) is 3.51. The lowest BCUT2D eigenvalue weighted by Gasteiger charge is -2.25. The van der Waals surface area contributed by atoms with Gasteiger partial charge >= 0.3 is 0 Å². The molecule has 98 valence electrons. The zero-order valence-corrected chi connectivity index (χ0v) is 11.8. The largest absolute Gasteiger partial charge is 0.380 e. The normalized spacial score (nSPS) is 13.7. The van der Waals surface area contributed by atoms with Crippen molar-refractivity contribution in [3.63, 3.8) is 0 Å². The van der Waals surface area contributed by atoms with Crippen LogP contribution in [0.4, 0.5) is 0 Å². The first-order chi connectivity index (χ1) is 7.57. The van der Waals surface area contributed by atoms with Crippen molar-refractivity contribution in [1.29, 1.82) is 0 Å². The van der Waals surface area contributed by atoms with E-state index >= 15 is 0 Å². The first-order valence-corrected chi connectivity index (χ1v) is 6.56. The lowest BCUT2D eigenvalue weighted by atomic mass is 10.1. The second kappa shape index (κ2) is 10.1. The Morgan fingerprint density at radius 1 is 1.25 bits per heavy atom. The van der Waals surface area contributed by atoms with E-state index in [9.17, 15) is 0 Å². The van der Waals surface area contributed by atoms with Gasteiger partial charge in [0.2, 0.25) is 0 Å². The van der Waals surface area contributed by atoms with Crippen LogP contribution in [0.25, 0.3) is 0 Å². The van der Waals surface area contributed by atoms with Crippen molar-refractivity contribution in [3.8, 4) is 0 Å². The summed E-state index contributed by atoms with van der Waals surface area (Å²) in [7, 11) is 2.16. The zero-order chi connectivity index (χ0) is 12.4. The Balaban J connectivity index is 3.43. The van der Waals surface area contributed by atoms with E-state index in [1.165, 1.54) is 6.42 Å². The van der Waals surface area contributed by atoms with E-state index in [-0.39, 0.29) is 0 Å². The molecular formula is C13H30N2O. The summed E-state index contributed by atoms with van der Waals surface area (Å²) in [4.78, 5) is 2.35. The van der Waals surface area contributed by atoms with E-state index < -0.39 is 0 Å². The summed E-state index contributed by atoms with van der Waals surface area (Å²) in [6.45, 7) is 13.7. The lowest BCUT2D eigenvalue weighted by molar-refractivity contribution is 0.110. The van der Waals surface area contributed by atoms with Crippen LogP contribution in [0, 0.1) is 5.92 Å². The highest BCUT2D eigenvalue weighted by Crippen LogP contribution is 1.97. The molecule has 0 aromatic rings. The molecule has 0 rings (SSSR count).